The molecule has 0 radical (unpaired) electrons. The summed E-state index contributed by atoms with van der Waals surface area (Å²) in [7, 11) is 2.13. The van der Waals surface area contributed by atoms with Crippen LogP contribution < -0.4 is 5.32 Å². The molecule has 5 heteroatoms. The summed E-state index contributed by atoms with van der Waals surface area (Å²) >= 11 is 0. The van der Waals surface area contributed by atoms with E-state index in [4.69, 9.17) is 0 Å². The normalized spacial score (nSPS) is 11.5. The van der Waals surface area contributed by atoms with Crippen molar-refractivity contribution in [2.75, 3.05) is 26.7 Å². The van der Waals surface area contributed by atoms with Crippen molar-refractivity contribution in [2.24, 2.45) is 0 Å². The number of hydrogen-bond donors (Lipinski definition) is 2. The van der Waals surface area contributed by atoms with Crippen LogP contribution in [0.5, 0.6) is 0 Å². The smallest absolute Gasteiger partial charge is 0.177 e. The SMILES string of the molecule is CCN(C)CCNCc1ccnc2nc[nH]c12. The molecule has 5 nitrogen and oxygen atoms in total. The highest BCUT2D eigenvalue weighted by molar-refractivity contribution is 5.73. The van der Waals surface area contributed by atoms with Crippen LogP contribution in [0, 0.1) is 0 Å². The zero-order chi connectivity index (χ0) is 12.1. The van der Waals surface area contributed by atoms with Crippen LogP contribution in [0.1, 0.15) is 12.5 Å². The van der Waals surface area contributed by atoms with Gasteiger partial charge in [-0.1, -0.05) is 6.92 Å². The molecule has 2 heterocycles. The van der Waals surface area contributed by atoms with Gasteiger partial charge in [-0.15, -0.1) is 0 Å². The van der Waals surface area contributed by atoms with Crippen LogP contribution >= 0.6 is 0 Å². The number of aromatic nitrogens is 3. The molecular weight excluding hydrogens is 214 g/mol. The summed E-state index contributed by atoms with van der Waals surface area (Å²) in [5.74, 6) is 0. The Balaban J connectivity index is 1.88. The van der Waals surface area contributed by atoms with Crippen molar-refractivity contribution in [3.8, 4) is 0 Å². The van der Waals surface area contributed by atoms with Gasteiger partial charge in [0.05, 0.1) is 11.8 Å². The summed E-state index contributed by atoms with van der Waals surface area (Å²) in [5, 5.41) is 3.43. The standard InChI is InChI=1S/C12H19N5/c1-3-17(2)7-6-13-8-10-4-5-14-12-11(10)15-9-16-12/h4-5,9,13H,3,6-8H2,1-2H3,(H,14,15,16). The van der Waals surface area contributed by atoms with Gasteiger partial charge in [0.1, 0.15) is 0 Å². The first-order chi connectivity index (χ1) is 8.31. The zero-order valence-electron chi connectivity index (χ0n) is 10.4. The average Bonchev–Trinajstić information content (AvgIpc) is 2.83. The second-order valence-corrected chi connectivity index (χ2v) is 4.14. The van der Waals surface area contributed by atoms with Crippen molar-refractivity contribution in [3.63, 3.8) is 0 Å². The molecule has 17 heavy (non-hydrogen) atoms. The molecule has 2 aromatic heterocycles. The van der Waals surface area contributed by atoms with Crippen molar-refractivity contribution in [2.45, 2.75) is 13.5 Å². The second-order valence-electron chi connectivity index (χ2n) is 4.14. The number of nitrogens with one attached hydrogen (secondary N) is 2. The van der Waals surface area contributed by atoms with Crippen LogP contribution in [0.15, 0.2) is 18.6 Å². The minimum Gasteiger partial charge on any atom is -0.343 e. The van der Waals surface area contributed by atoms with Crippen molar-refractivity contribution < 1.29 is 0 Å². The highest BCUT2D eigenvalue weighted by Gasteiger charge is 2.03. The van der Waals surface area contributed by atoms with E-state index in [1.54, 1.807) is 12.5 Å². The Morgan fingerprint density at radius 1 is 1.41 bits per heavy atom. The molecule has 0 spiro atoms. The maximum absolute atomic E-state index is 4.19. The van der Waals surface area contributed by atoms with Gasteiger partial charge in [-0.2, -0.15) is 0 Å². The van der Waals surface area contributed by atoms with E-state index in [-0.39, 0.29) is 0 Å². The molecule has 0 bridgehead atoms. The lowest BCUT2D eigenvalue weighted by Gasteiger charge is -2.14. The van der Waals surface area contributed by atoms with Crippen molar-refractivity contribution in [1.82, 2.24) is 25.2 Å². The quantitative estimate of drug-likeness (QED) is 0.731. The Morgan fingerprint density at radius 3 is 3.12 bits per heavy atom. The lowest BCUT2D eigenvalue weighted by atomic mass is 10.2. The molecule has 0 amide bonds. The molecule has 0 fully saturated rings. The van der Waals surface area contributed by atoms with Gasteiger partial charge in [-0.05, 0) is 25.2 Å². The Morgan fingerprint density at radius 2 is 2.29 bits per heavy atom. The van der Waals surface area contributed by atoms with E-state index in [0.717, 1.165) is 37.3 Å². The third-order valence-electron chi connectivity index (χ3n) is 2.94. The monoisotopic (exact) mass is 233 g/mol. The van der Waals surface area contributed by atoms with Crippen LogP contribution in [0.4, 0.5) is 0 Å². The minimum atomic E-state index is 0.787. The molecule has 0 aliphatic carbocycles. The van der Waals surface area contributed by atoms with Gasteiger partial charge in [0.25, 0.3) is 0 Å². The first-order valence-corrected chi connectivity index (χ1v) is 5.97. The number of imidazole rings is 1. The molecule has 2 N–H and O–H groups in total. The highest BCUT2D eigenvalue weighted by Crippen LogP contribution is 2.11. The van der Waals surface area contributed by atoms with E-state index >= 15 is 0 Å². The topological polar surface area (TPSA) is 56.8 Å². The fourth-order valence-electron chi connectivity index (χ4n) is 1.70. The number of pyridine rings is 1. The number of aromatic amines is 1. The Kier molecular flexibility index (Phi) is 4.06. The van der Waals surface area contributed by atoms with Crippen molar-refractivity contribution >= 4 is 11.2 Å². The maximum atomic E-state index is 4.19. The van der Waals surface area contributed by atoms with E-state index in [0.29, 0.717) is 0 Å². The fourth-order valence-corrected chi connectivity index (χ4v) is 1.70. The van der Waals surface area contributed by atoms with Crippen molar-refractivity contribution in [1.29, 1.82) is 0 Å². The second kappa shape index (κ2) is 5.75. The molecule has 0 atom stereocenters. The Hall–Kier alpha value is -1.46. The van der Waals surface area contributed by atoms with Crippen LogP contribution in [0.2, 0.25) is 0 Å². The lowest BCUT2D eigenvalue weighted by Crippen LogP contribution is -2.28. The highest BCUT2D eigenvalue weighted by atomic mass is 15.1. The molecular formula is C12H19N5. The van der Waals surface area contributed by atoms with Crippen LogP contribution in [0.25, 0.3) is 11.2 Å². The van der Waals surface area contributed by atoms with Gasteiger partial charge >= 0.3 is 0 Å². The van der Waals surface area contributed by atoms with E-state index in [2.05, 4.69) is 39.1 Å². The number of fused-ring (bicyclic) bond motifs is 1. The minimum absolute atomic E-state index is 0.787. The van der Waals surface area contributed by atoms with Crippen LogP contribution in [-0.4, -0.2) is 46.5 Å². The zero-order valence-corrected chi connectivity index (χ0v) is 10.4. The predicted octanol–water partition coefficient (Wildman–Crippen LogP) is 0.999. The summed E-state index contributed by atoms with van der Waals surface area (Å²) in [4.78, 5) is 13.7. The summed E-state index contributed by atoms with van der Waals surface area (Å²) in [6.07, 6.45) is 3.49. The number of rotatable bonds is 6. The molecule has 0 aliphatic heterocycles. The average molecular weight is 233 g/mol. The van der Waals surface area contributed by atoms with Crippen LogP contribution in [0.3, 0.4) is 0 Å². The third kappa shape index (κ3) is 3.01. The molecule has 0 saturated carbocycles. The van der Waals surface area contributed by atoms with Crippen molar-refractivity contribution in [3.05, 3.63) is 24.2 Å². The Labute approximate surface area is 101 Å². The number of nitrogens with zero attached hydrogens (tertiary/aromatic N) is 3. The molecule has 0 saturated heterocycles. The fraction of sp³-hybridized carbons (Fsp3) is 0.500. The molecule has 0 aliphatic rings. The van der Waals surface area contributed by atoms with Crippen LogP contribution in [-0.2, 0) is 6.54 Å². The summed E-state index contributed by atoms with van der Waals surface area (Å²) in [5.41, 5.74) is 3.03. The largest absolute Gasteiger partial charge is 0.343 e. The van der Waals surface area contributed by atoms with Gasteiger partial charge in [0.2, 0.25) is 0 Å². The molecule has 0 unspecified atom stereocenters. The molecule has 0 aromatic carbocycles. The van der Waals surface area contributed by atoms with Gasteiger partial charge in [-0.3, -0.25) is 0 Å². The summed E-state index contributed by atoms with van der Waals surface area (Å²) in [6, 6.07) is 2.02. The lowest BCUT2D eigenvalue weighted by molar-refractivity contribution is 0.349. The summed E-state index contributed by atoms with van der Waals surface area (Å²) in [6.45, 7) is 6.15. The van der Waals surface area contributed by atoms with E-state index < -0.39 is 0 Å². The molecule has 2 aromatic rings. The predicted molar refractivity (Wildman–Crippen MR) is 68.8 cm³/mol. The first kappa shape index (κ1) is 12.0. The molecule has 2 rings (SSSR count). The first-order valence-electron chi connectivity index (χ1n) is 5.97. The number of hydrogen-bond acceptors (Lipinski definition) is 4. The molecule has 92 valence electrons. The van der Waals surface area contributed by atoms with E-state index in [9.17, 15) is 0 Å². The van der Waals surface area contributed by atoms with Gasteiger partial charge in [0, 0.05) is 25.8 Å². The van der Waals surface area contributed by atoms with E-state index in [1.807, 2.05) is 6.07 Å². The number of H-pyrrole nitrogens is 1. The third-order valence-corrected chi connectivity index (χ3v) is 2.94. The van der Waals surface area contributed by atoms with Gasteiger partial charge in [0.15, 0.2) is 5.65 Å². The Bertz CT molecular complexity index is 465. The number of likely N-dealkylation sites (N-methyl/N-ethyl adjacent to an activating group) is 1. The van der Waals surface area contributed by atoms with E-state index in [1.165, 1.54) is 5.56 Å². The maximum Gasteiger partial charge on any atom is 0.177 e. The van der Waals surface area contributed by atoms with Gasteiger partial charge in [-0.25, -0.2) is 9.97 Å². The summed E-state index contributed by atoms with van der Waals surface area (Å²) < 4.78 is 0. The van der Waals surface area contributed by atoms with Gasteiger partial charge < -0.3 is 15.2 Å².